The predicted octanol–water partition coefficient (Wildman–Crippen LogP) is 2.69. The molecule has 1 aromatic heterocycles. The Labute approximate surface area is 167 Å². The Morgan fingerprint density at radius 1 is 1.22 bits per heavy atom. The van der Waals surface area contributed by atoms with E-state index in [9.17, 15) is 0 Å². The number of aryl methyl sites for hydroxylation is 2. The molecule has 148 valence electrons. The summed E-state index contributed by atoms with van der Waals surface area (Å²) in [7, 11) is 3.61. The van der Waals surface area contributed by atoms with Gasteiger partial charge < -0.3 is 15.0 Å². The fourth-order valence-corrected chi connectivity index (χ4v) is 3.87. The van der Waals surface area contributed by atoms with Crippen molar-refractivity contribution in [2.45, 2.75) is 19.9 Å². The molecule has 1 aromatic carbocycles. The summed E-state index contributed by atoms with van der Waals surface area (Å²) in [6.07, 6.45) is 1.14. The van der Waals surface area contributed by atoms with Crippen LogP contribution in [0.1, 0.15) is 17.7 Å². The third kappa shape index (κ3) is 5.15. The minimum Gasteiger partial charge on any atom is -0.481 e. The minimum absolute atomic E-state index is 0.797. The molecule has 0 radical (unpaired) electrons. The van der Waals surface area contributed by atoms with Crippen LogP contribution in [0, 0.1) is 6.92 Å². The van der Waals surface area contributed by atoms with Crippen molar-refractivity contribution >= 4 is 17.3 Å². The second-order valence-electron chi connectivity index (χ2n) is 7.04. The summed E-state index contributed by atoms with van der Waals surface area (Å²) in [4.78, 5) is 4.96. The van der Waals surface area contributed by atoms with Crippen molar-refractivity contribution in [2.75, 3.05) is 51.3 Å². The van der Waals surface area contributed by atoms with Gasteiger partial charge in [0, 0.05) is 50.5 Å². The highest BCUT2D eigenvalue weighted by Crippen LogP contribution is 2.21. The Balaban J connectivity index is 1.35. The van der Waals surface area contributed by atoms with E-state index in [-0.39, 0.29) is 0 Å². The van der Waals surface area contributed by atoms with Crippen molar-refractivity contribution in [3.8, 4) is 5.88 Å². The van der Waals surface area contributed by atoms with Gasteiger partial charge in [-0.2, -0.15) is 5.10 Å². The molecule has 7 heteroatoms. The fourth-order valence-electron chi connectivity index (χ4n) is 3.68. The lowest BCUT2D eigenvalue weighted by atomic mass is 10.2. The molecule has 0 amide bonds. The van der Waals surface area contributed by atoms with E-state index in [4.69, 9.17) is 16.3 Å². The van der Waals surface area contributed by atoms with Crippen LogP contribution in [0.25, 0.3) is 0 Å². The second-order valence-corrected chi connectivity index (χ2v) is 7.47. The third-order valence-electron chi connectivity index (χ3n) is 5.16. The SMILES string of the molecule is COc1c(CNCCCN2CCN(c3cccc(Cl)c3)CC2)c(C)nn1C. The van der Waals surface area contributed by atoms with Crippen LogP contribution >= 0.6 is 11.6 Å². The van der Waals surface area contributed by atoms with E-state index in [2.05, 4.69) is 32.3 Å². The summed E-state index contributed by atoms with van der Waals surface area (Å²) in [5, 5.41) is 8.76. The molecule has 27 heavy (non-hydrogen) atoms. The number of piperazine rings is 1. The number of ether oxygens (including phenoxy) is 1. The number of nitrogens with one attached hydrogen (secondary N) is 1. The average molecular weight is 392 g/mol. The first-order valence-electron chi connectivity index (χ1n) is 9.58. The van der Waals surface area contributed by atoms with Crippen molar-refractivity contribution in [2.24, 2.45) is 7.05 Å². The molecule has 2 heterocycles. The lowest BCUT2D eigenvalue weighted by Gasteiger charge is -2.36. The maximum atomic E-state index is 6.11. The summed E-state index contributed by atoms with van der Waals surface area (Å²) >= 11 is 6.11. The normalized spacial score (nSPS) is 15.3. The van der Waals surface area contributed by atoms with Gasteiger partial charge in [0.05, 0.1) is 18.4 Å². The molecular formula is C20H30ClN5O. The second kappa shape index (κ2) is 9.44. The van der Waals surface area contributed by atoms with Crippen LogP contribution in [-0.2, 0) is 13.6 Å². The van der Waals surface area contributed by atoms with E-state index in [0.29, 0.717) is 0 Å². The van der Waals surface area contributed by atoms with Crippen molar-refractivity contribution in [3.05, 3.63) is 40.5 Å². The Morgan fingerprint density at radius 3 is 2.70 bits per heavy atom. The van der Waals surface area contributed by atoms with Crippen LogP contribution in [0.3, 0.4) is 0 Å². The monoisotopic (exact) mass is 391 g/mol. The van der Waals surface area contributed by atoms with Crippen LogP contribution in [-0.4, -0.2) is 61.1 Å². The molecule has 3 rings (SSSR count). The number of nitrogens with zero attached hydrogens (tertiary/aromatic N) is 4. The van der Waals surface area contributed by atoms with E-state index in [1.807, 2.05) is 26.1 Å². The quantitative estimate of drug-likeness (QED) is 0.701. The molecule has 1 aliphatic heterocycles. The number of hydrogen-bond acceptors (Lipinski definition) is 5. The number of aromatic nitrogens is 2. The fraction of sp³-hybridized carbons (Fsp3) is 0.550. The Kier molecular flexibility index (Phi) is 6.99. The zero-order valence-corrected chi connectivity index (χ0v) is 17.3. The molecule has 0 aliphatic carbocycles. The van der Waals surface area contributed by atoms with Gasteiger partial charge in [0.15, 0.2) is 0 Å². The van der Waals surface area contributed by atoms with E-state index >= 15 is 0 Å². The maximum Gasteiger partial charge on any atom is 0.216 e. The third-order valence-corrected chi connectivity index (χ3v) is 5.39. The first kappa shape index (κ1) is 20.0. The standard InChI is InChI=1S/C20H30ClN5O/c1-16-19(20(27-3)24(2)23-16)15-22-8-5-9-25-10-12-26(13-11-25)18-7-4-6-17(21)14-18/h4,6-7,14,22H,5,8-13,15H2,1-3H3. The van der Waals surface area contributed by atoms with E-state index in [1.165, 1.54) is 5.69 Å². The molecule has 1 fully saturated rings. The molecule has 0 saturated carbocycles. The van der Waals surface area contributed by atoms with Crippen molar-refractivity contribution in [1.29, 1.82) is 0 Å². The average Bonchev–Trinajstić information content (AvgIpc) is 2.94. The molecule has 6 nitrogen and oxygen atoms in total. The summed E-state index contributed by atoms with van der Waals surface area (Å²) in [5.74, 6) is 0.845. The Bertz CT molecular complexity index is 740. The van der Waals surface area contributed by atoms with Crippen LogP contribution in [0.5, 0.6) is 5.88 Å². The number of anilines is 1. The smallest absolute Gasteiger partial charge is 0.216 e. The van der Waals surface area contributed by atoms with Gasteiger partial charge in [-0.1, -0.05) is 17.7 Å². The zero-order valence-electron chi connectivity index (χ0n) is 16.5. The molecular weight excluding hydrogens is 362 g/mol. The van der Waals surface area contributed by atoms with Gasteiger partial charge in [-0.25, -0.2) is 4.68 Å². The van der Waals surface area contributed by atoms with Crippen LogP contribution in [0.15, 0.2) is 24.3 Å². The number of halogens is 1. The predicted molar refractivity (Wildman–Crippen MR) is 111 cm³/mol. The minimum atomic E-state index is 0.797. The molecule has 2 aromatic rings. The van der Waals surface area contributed by atoms with Crippen molar-refractivity contribution < 1.29 is 4.74 Å². The largest absolute Gasteiger partial charge is 0.481 e. The van der Waals surface area contributed by atoms with Gasteiger partial charge >= 0.3 is 0 Å². The van der Waals surface area contributed by atoms with Gasteiger partial charge in [0.2, 0.25) is 5.88 Å². The lowest BCUT2D eigenvalue weighted by molar-refractivity contribution is 0.254. The Morgan fingerprint density at radius 2 is 2.00 bits per heavy atom. The number of methoxy groups -OCH3 is 1. The van der Waals surface area contributed by atoms with E-state index in [0.717, 1.165) is 74.4 Å². The van der Waals surface area contributed by atoms with Gasteiger partial charge in [-0.3, -0.25) is 4.90 Å². The topological polar surface area (TPSA) is 45.6 Å². The molecule has 1 saturated heterocycles. The highest BCUT2D eigenvalue weighted by Gasteiger charge is 2.17. The lowest BCUT2D eigenvalue weighted by Crippen LogP contribution is -2.47. The van der Waals surface area contributed by atoms with Gasteiger partial charge in [-0.15, -0.1) is 0 Å². The van der Waals surface area contributed by atoms with Gasteiger partial charge in [0.1, 0.15) is 0 Å². The molecule has 0 atom stereocenters. The molecule has 0 spiro atoms. The van der Waals surface area contributed by atoms with Crippen LogP contribution in [0.4, 0.5) is 5.69 Å². The number of benzene rings is 1. The first-order valence-corrected chi connectivity index (χ1v) is 9.96. The van der Waals surface area contributed by atoms with Crippen molar-refractivity contribution in [3.63, 3.8) is 0 Å². The van der Waals surface area contributed by atoms with Crippen LogP contribution in [0.2, 0.25) is 5.02 Å². The highest BCUT2D eigenvalue weighted by atomic mass is 35.5. The van der Waals surface area contributed by atoms with E-state index < -0.39 is 0 Å². The summed E-state index contributed by atoms with van der Waals surface area (Å²) < 4.78 is 7.24. The number of rotatable bonds is 8. The molecule has 1 N–H and O–H groups in total. The number of hydrogen-bond donors (Lipinski definition) is 1. The van der Waals surface area contributed by atoms with E-state index in [1.54, 1.807) is 11.8 Å². The molecule has 0 bridgehead atoms. The molecule has 1 aliphatic rings. The summed E-state index contributed by atoms with van der Waals surface area (Å²) in [6, 6.07) is 8.14. The van der Waals surface area contributed by atoms with Gasteiger partial charge in [0.25, 0.3) is 0 Å². The van der Waals surface area contributed by atoms with Gasteiger partial charge in [-0.05, 0) is 44.6 Å². The summed E-state index contributed by atoms with van der Waals surface area (Å²) in [5.41, 5.74) is 3.40. The molecule has 0 unspecified atom stereocenters. The first-order chi connectivity index (χ1) is 13.1. The van der Waals surface area contributed by atoms with Crippen LogP contribution < -0.4 is 15.0 Å². The highest BCUT2D eigenvalue weighted by molar-refractivity contribution is 6.30. The Hall–Kier alpha value is -1.76. The maximum absolute atomic E-state index is 6.11. The van der Waals surface area contributed by atoms with Crippen molar-refractivity contribution in [1.82, 2.24) is 20.0 Å². The zero-order chi connectivity index (χ0) is 19.2. The summed E-state index contributed by atoms with van der Waals surface area (Å²) in [6.45, 7) is 9.25.